The van der Waals surface area contributed by atoms with Crippen LogP contribution in [0.1, 0.15) is 50.5 Å². The summed E-state index contributed by atoms with van der Waals surface area (Å²) in [7, 11) is 0. The van der Waals surface area contributed by atoms with Crippen LogP contribution in [0.3, 0.4) is 0 Å². The van der Waals surface area contributed by atoms with Crippen molar-refractivity contribution < 1.29 is 9.53 Å². The van der Waals surface area contributed by atoms with Crippen LogP contribution in [0.15, 0.2) is 24.3 Å². The molecule has 3 fully saturated rings. The number of nitrogens with one attached hydrogen (secondary N) is 2. The van der Waals surface area contributed by atoms with E-state index in [1.54, 1.807) is 0 Å². The molecule has 4 rings (SSSR count). The normalized spacial score (nSPS) is 26.5. The Bertz CT molecular complexity index is 624. The van der Waals surface area contributed by atoms with E-state index in [9.17, 15) is 4.79 Å². The molecule has 3 aliphatic rings. The molecule has 1 heterocycles. The fraction of sp³-hybridized carbons (Fsp3) is 0.632. The zero-order valence-electron chi connectivity index (χ0n) is 13.9. The SMILES string of the molecule is O=C(NCC1(c2cccc(Cl)c2)CC1)NC1COC2(CCCC2)C1. The summed E-state index contributed by atoms with van der Waals surface area (Å²) in [6, 6.07) is 8.06. The molecule has 1 unspecified atom stereocenters. The Morgan fingerprint density at radius 2 is 2.04 bits per heavy atom. The lowest BCUT2D eigenvalue weighted by atomic mass is 9.96. The zero-order valence-corrected chi connectivity index (χ0v) is 14.7. The first-order valence-corrected chi connectivity index (χ1v) is 9.42. The van der Waals surface area contributed by atoms with Crippen LogP contribution < -0.4 is 10.6 Å². The fourth-order valence-electron chi connectivity index (χ4n) is 4.33. The van der Waals surface area contributed by atoms with Crippen LogP contribution in [-0.2, 0) is 10.2 Å². The summed E-state index contributed by atoms with van der Waals surface area (Å²) in [5.74, 6) is 0. The molecule has 1 atom stereocenters. The number of hydrogen-bond donors (Lipinski definition) is 2. The van der Waals surface area contributed by atoms with E-state index in [1.807, 2.05) is 18.2 Å². The van der Waals surface area contributed by atoms with E-state index in [1.165, 1.54) is 18.4 Å². The van der Waals surface area contributed by atoms with E-state index in [4.69, 9.17) is 16.3 Å². The van der Waals surface area contributed by atoms with Crippen LogP contribution in [0.25, 0.3) is 0 Å². The van der Waals surface area contributed by atoms with Gasteiger partial charge in [0, 0.05) is 17.0 Å². The minimum Gasteiger partial charge on any atom is -0.373 e. The zero-order chi connectivity index (χ0) is 16.6. The van der Waals surface area contributed by atoms with E-state index in [2.05, 4.69) is 16.7 Å². The van der Waals surface area contributed by atoms with Gasteiger partial charge in [-0.3, -0.25) is 0 Å². The Labute approximate surface area is 148 Å². The molecule has 0 bridgehead atoms. The lowest BCUT2D eigenvalue weighted by Crippen LogP contribution is -2.45. The van der Waals surface area contributed by atoms with Crippen molar-refractivity contribution in [1.82, 2.24) is 10.6 Å². The van der Waals surface area contributed by atoms with Crippen molar-refractivity contribution in [3.63, 3.8) is 0 Å². The van der Waals surface area contributed by atoms with Gasteiger partial charge in [0.05, 0.1) is 18.2 Å². The Morgan fingerprint density at radius 3 is 2.75 bits per heavy atom. The third kappa shape index (κ3) is 3.27. The molecule has 0 radical (unpaired) electrons. The molecule has 1 spiro atoms. The highest BCUT2D eigenvalue weighted by atomic mass is 35.5. The number of amides is 2. The first kappa shape index (κ1) is 16.2. The van der Waals surface area contributed by atoms with Crippen molar-refractivity contribution in [2.45, 2.75) is 62.0 Å². The van der Waals surface area contributed by atoms with Gasteiger partial charge < -0.3 is 15.4 Å². The van der Waals surface area contributed by atoms with Crippen molar-refractivity contribution in [3.8, 4) is 0 Å². The first-order chi connectivity index (χ1) is 11.6. The molecule has 2 aliphatic carbocycles. The molecule has 4 nitrogen and oxygen atoms in total. The van der Waals surface area contributed by atoms with Crippen LogP contribution in [0, 0.1) is 0 Å². The second-order valence-electron chi connectivity index (χ2n) is 7.72. The van der Waals surface area contributed by atoms with E-state index in [0.29, 0.717) is 13.2 Å². The van der Waals surface area contributed by atoms with Crippen molar-refractivity contribution in [2.24, 2.45) is 0 Å². The summed E-state index contributed by atoms with van der Waals surface area (Å²) in [6.07, 6.45) is 7.95. The Balaban J connectivity index is 1.28. The molecular weight excluding hydrogens is 324 g/mol. The van der Waals surface area contributed by atoms with E-state index in [0.717, 1.165) is 37.1 Å². The smallest absolute Gasteiger partial charge is 0.315 e. The maximum absolute atomic E-state index is 12.3. The number of carbonyl (C=O) groups excluding carboxylic acids is 1. The average molecular weight is 349 g/mol. The van der Waals surface area contributed by atoms with Gasteiger partial charge in [-0.25, -0.2) is 4.79 Å². The van der Waals surface area contributed by atoms with E-state index in [-0.39, 0.29) is 23.1 Å². The van der Waals surface area contributed by atoms with Gasteiger partial charge in [0.25, 0.3) is 0 Å². The molecule has 130 valence electrons. The van der Waals surface area contributed by atoms with Gasteiger partial charge in [-0.05, 0) is 49.8 Å². The number of ether oxygens (including phenoxy) is 1. The third-order valence-corrected chi connectivity index (χ3v) is 6.17. The van der Waals surface area contributed by atoms with Gasteiger partial charge in [0.1, 0.15) is 0 Å². The molecule has 2 N–H and O–H groups in total. The quantitative estimate of drug-likeness (QED) is 0.870. The monoisotopic (exact) mass is 348 g/mol. The topological polar surface area (TPSA) is 50.4 Å². The minimum atomic E-state index is -0.0769. The van der Waals surface area contributed by atoms with Crippen molar-refractivity contribution in [2.75, 3.05) is 13.2 Å². The summed E-state index contributed by atoms with van der Waals surface area (Å²) in [5.41, 5.74) is 1.35. The van der Waals surface area contributed by atoms with Crippen molar-refractivity contribution in [1.29, 1.82) is 0 Å². The molecule has 5 heteroatoms. The van der Waals surface area contributed by atoms with E-state index < -0.39 is 0 Å². The largest absolute Gasteiger partial charge is 0.373 e. The summed E-state index contributed by atoms with van der Waals surface area (Å²) >= 11 is 6.10. The van der Waals surface area contributed by atoms with Gasteiger partial charge in [-0.2, -0.15) is 0 Å². The van der Waals surface area contributed by atoms with Crippen LogP contribution in [0.5, 0.6) is 0 Å². The lowest BCUT2D eigenvalue weighted by molar-refractivity contribution is 0.00997. The molecule has 1 aliphatic heterocycles. The molecule has 1 aromatic rings. The Morgan fingerprint density at radius 1 is 1.25 bits per heavy atom. The van der Waals surface area contributed by atoms with Crippen LogP contribution in [0.4, 0.5) is 4.79 Å². The number of carbonyl (C=O) groups is 1. The minimum absolute atomic E-state index is 0.0520. The second kappa shape index (κ2) is 6.23. The van der Waals surface area contributed by atoms with Crippen LogP contribution >= 0.6 is 11.6 Å². The van der Waals surface area contributed by atoms with Gasteiger partial charge in [0.2, 0.25) is 0 Å². The highest BCUT2D eigenvalue weighted by Gasteiger charge is 2.45. The predicted molar refractivity (Wildman–Crippen MR) is 94.5 cm³/mol. The first-order valence-electron chi connectivity index (χ1n) is 9.04. The fourth-order valence-corrected chi connectivity index (χ4v) is 4.52. The summed E-state index contributed by atoms with van der Waals surface area (Å²) < 4.78 is 6.00. The summed E-state index contributed by atoms with van der Waals surface area (Å²) in [6.45, 7) is 1.31. The van der Waals surface area contributed by atoms with Crippen LogP contribution in [-0.4, -0.2) is 30.8 Å². The van der Waals surface area contributed by atoms with Gasteiger partial charge >= 0.3 is 6.03 Å². The maximum Gasteiger partial charge on any atom is 0.315 e. The lowest BCUT2D eigenvalue weighted by Gasteiger charge is -2.22. The molecule has 1 aromatic carbocycles. The molecule has 24 heavy (non-hydrogen) atoms. The Kier molecular flexibility index (Phi) is 4.21. The van der Waals surface area contributed by atoms with Crippen LogP contribution in [0.2, 0.25) is 5.02 Å². The number of benzene rings is 1. The number of urea groups is 1. The summed E-state index contributed by atoms with van der Waals surface area (Å²) in [5, 5.41) is 6.91. The molecule has 2 amide bonds. The van der Waals surface area contributed by atoms with Crippen molar-refractivity contribution >= 4 is 17.6 Å². The standard InChI is InChI=1S/C19H25ClN2O2/c20-15-5-3-4-14(10-15)18(8-9-18)13-21-17(23)22-16-11-19(24-12-16)6-1-2-7-19/h3-5,10,16H,1-2,6-9,11-13H2,(H2,21,22,23). The second-order valence-corrected chi connectivity index (χ2v) is 8.16. The average Bonchev–Trinajstić information content (AvgIpc) is 3.07. The Hall–Kier alpha value is -1.26. The predicted octanol–water partition coefficient (Wildman–Crippen LogP) is 3.77. The van der Waals surface area contributed by atoms with Gasteiger partial charge in [-0.1, -0.05) is 36.6 Å². The van der Waals surface area contributed by atoms with E-state index >= 15 is 0 Å². The summed E-state index contributed by atoms with van der Waals surface area (Å²) in [4.78, 5) is 12.3. The highest BCUT2D eigenvalue weighted by Crippen LogP contribution is 2.48. The molecular formula is C19H25ClN2O2. The maximum atomic E-state index is 12.3. The molecule has 2 saturated carbocycles. The van der Waals surface area contributed by atoms with Crippen molar-refractivity contribution in [3.05, 3.63) is 34.9 Å². The van der Waals surface area contributed by atoms with Gasteiger partial charge in [-0.15, -0.1) is 0 Å². The number of halogens is 1. The molecule has 1 saturated heterocycles. The van der Waals surface area contributed by atoms with Gasteiger partial charge in [0.15, 0.2) is 0 Å². The number of rotatable bonds is 4. The molecule has 0 aromatic heterocycles. The number of hydrogen-bond acceptors (Lipinski definition) is 2. The third-order valence-electron chi connectivity index (χ3n) is 5.94. The highest BCUT2D eigenvalue weighted by molar-refractivity contribution is 6.30.